The lowest BCUT2D eigenvalue weighted by molar-refractivity contribution is -0.121. The van der Waals surface area contributed by atoms with Crippen molar-refractivity contribution in [3.8, 4) is 5.75 Å². The first-order valence-corrected chi connectivity index (χ1v) is 10.7. The van der Waals surface area contributed by atoms with Crippen LogP contribution in [0.1, 0.15) is 34.3 Å². The maximum absolute atomic E-state index is 13.4. The zero-order valence-corrected chi connectivity index (χ0v) is 18.3. The summed E-state index contributed by atoms with van der Waals surface area (Å²) < 4.78 is 5.45. The summed E-state index contributed by atoms with van der Waals surface area (Å²) >= 11 is 0. The van der Waals surface area contributed by atoms with Crippen molar-refractivity contribution in [1.82, 2.24) is 4.90 Å². The molecule has 3 aromatic rings. The molecule has 5 nitrogen and oxygen atoms in total. The molecule has 1 unspecified atom stereocenters. The third kappa shape index (κ3) is 4.26. The van der Waals surface area contributed by atoms with E-state index >= 15 is 0 Å². The van der Waals surface area contributed by atoms with Crippen LogP contribution in [-0.4, -0.2) is 36.9 Å². The van der Waals surface area contributed by atoms with E-state index in [1.165, 1.54) is 0 Å². The Kier molecular flexibility index (Phi) is 5.94. The summed E-state index contributed by atoms with van der Waals surface area (Å²) in [4.78, 5) is 28.2. The summed E-state index contributed by atoms with van der Waals surface area (Å²) in [5.41, 5.74) is 3.63. The van der Waals surface area contributed by atoms with Gasteiger partial charge in [-0.3, -0.25) is 9.59 Å². The van der Waals surface area contributed by atoms with Crippen molar-refractivity contribution < 1.29 is 14.3 Å². The molecular formula is C26H28N2O3. The molecule has 0 saturated carbocycles. The van der Waals surface area contributed by atoms with Crippen LogP contribution in [0.25, 0.3) is 10.8 Å². The number of hydrogen-bond acceptors (Lipinski definition) is 3. The van der Waals surface area contributed by atoms with Crippen LogP contribution in [0.4, 0.5) is 5.69 Å². The molecule has 1 aliphatic heterocycles. The maximum Gasteiger partial charge on any atom is 0.254 e. The molecule has 0 bridgehead atoms. The normalized spacial score (nSPS) is 16.2. The van der Waals surface area contributed by atoms with Crippen LogP contribution in [0, 0.1) is 19.8 Å². The predicted molar refractivity (Wildman–Crippen MR) is 124 cm³/mol. The van der Waals surface area contributed by atoms with E-state index in [1.807, 2.05) is 73.3 Å². The van der Waals surface area contributed by atoms with Gasteiger partial charge in [0.25, 0.3) is 5.91 Å². The third-order valence-corrected chi connectivity index (χ3v) is 6.06. The second kappa shape index (κ2) is 8.80. The topological polar surface area (TPSA) is 58.6 Å². The van der Waals surface area contributed by atoms with Crippen molar-refractivity contribution >= 4 is 28.3 Å². The standard InChI is InChI=1S/C26H28N2O3/c1-17-10-11-18(2)23(15-17)27-25(29)19-7-6-14-28(16-19)26(30)22-12-13-24(31-3)21-9-5-4-8-20(21)22/h4-5,8-13,15,19H,6-7,14,16H2,1-3H3,(H,27,29). The molecule has 2 amide bonds. The Morgan fingerprint density at radius 3 is 2.58 bits per heavy atom. The zero-order valence-electron chi connectivity index (χ0n) is 18.3. The molecule has 4 rings (SSSR count). The fourth-order valence-electron chi connectivity index (χ4n) is 4.29. The quantitative estimate of drug-likeness (QED) is 0.654. The first kappa shape index (κ1) is 20.9. The van der Waals surface area contributed by atoms with Crippen LogP contribution < -0.4 is 10.1 Å². The minimum absolute atomic E-state index is 0.0224. The SMILES string of the molecule is COc1ccc(C(=O)N2CCCC(C(=O)Nc3cc(C)ccc3C)C2)c2ccccc12. The van der Waals surface area contributed by atoms with E-state index in [0.29, 0.717) is 18.7 Å². The predicted octanol–water partition coefficient (Wildman–Crippen LogP) is 4.96. The van der Waals surface area contributed by atoms with E-state index in [1.54, 1.807) is 7.11 Å². The van der Waals surface area contributed by atoms with E-state index in [9.17, 15) is 9.59 Å². The van der Waals surface area contributed by atoms with Gasteiger partial charge in [0.2, 0.25) is 5.91 Å². The smallest absolute Gasteiger partial charge is 0.254 e. The molecular weight excluding hydrogens is 388 g/mol. The monoisotopic (exact) mass is 416 g/mol. The van der Waals surface area contributed by atoms with Gasteiger partial charge in [-0.15, -0.1) is 0 Å². The average Bonchev–Trinajstić information content (AvgIpc) is 2.80. The molecule has 1 N–H and O–H groups in total. The first-order valence-electron chi connectivity index (χ1n) is 10.7. The molecule has 0 spiro atoms. The Bertz CT molecular complexity index is 1140. The molecule has 1 saturated heterocycles. The van der Waals surface area contributed by atoms with Crippen molar-refractivity contribution in [2.75, 3.05) is 25.5 Å². The number of amides is 2. The lowest BCUT2D eigenvalue weighted by atomic mass is 9.95. The fourth-order valence-corrected chi connectivity index (χ4v) is 4.29. The maximum atomic E-state index is 13.4. The van der Waals surface area contributed by atoms with E-state index in [-0.39, 0.29) is 17.7 Å². The average molecular weight is 417 g/mol. The number of nitrogens with zero attached hydrogens (tertiary/aromatic N) is 1. The Morgan fingerprint density at radius 2 is 1.81 bits per heavy atom. The second-order valence-electron chi connectivity index (χ2n) is 8.26. The highest BCUT2D eigenvalue weighted by Crippen LogP contribution is 2.30. The van der Waals surface area contributed by atoms with E-state index < -0.39 is 0 Å². The lowest BCUT2D eigenvalue weighted by Crippen LogP contribution is -2.43. The van der Waals surface area contributed by atoms with Gasteiger partial charge in [0.1, 0.15) is 5.75 Å². The van der Waals surface area contributed by atoms with Crippen LogP contribution in [0.5, 0.6) is 5.75 Å². The summed E-state index contributed by atoms with van der Waals surface area (Å²) in [7, 11) is 1.63. The molecule has 31 heavy (non-hydrogen) atoms. The summed E-state index contributed by atoms with van der Waals surface area (Å²) in [6, 6.07) is 17.5. The molecule has 1 aliphatic rings. The van der Waals surface area contributed by atoms with Crippen LogP contribution in [-0.2, 0) is 4.79 Å². The summed E-state index contributed by atoms with van der Waals surface area (Å²) in [5, 5.41) is 4.85. The number of benzene rings is 3. The highest BCUT2D eigenvalue weighted by atomic mass is 16.5. The van der Waals surface area contributed by atoms with Crippen LogP contribution in [0.15, 0.2) is 54.6 Å². The number of ether oxygens (including phenoxy) is 1. The lowest BCUT2D eigenvalue weighted by Gasteiger charge is -2.32. The van der Waals surface area contributed by atoms with E-state index in [2.05, 4.69) is 5.32 Å². The minimum atomic E-state index is -0.220. The number of carbonyl (C=O) groups is 2. The summed E-state index contributed by atoms with van der Waals surface area (Å²) in [6.07, 6.45) is 1.59. The summed E-state index contributed by atoms with van der Waals surface area (Å²) in [5.74, 6) is 0.465. The van der Waals surface area contributed by atoms with Crippen molar-refractivity contribution in [3.63, 3.8) is 0 Å². The van der Waals surface area contributed by atoms with E-state index in [0.717, 1.165) is 46.2 Å². The largest absolute Gasteiger partial charge is 0.496 e. The molecule has 1 atom stereocenters. The Hall–Kier alpha value is -3.34. The van der Waals surface area contributed by atoms with Crippen molar-refractivity contribution in [1.29, 1.82) is 0 Å². The van der Waals surface area contributed by atoms with Crippen LogP contribution in [0.3, 0.4) is 0 Å². The molecule has 5 heteroatoms. The Balaban J connectivity index is 1.54. The molecule has 1 fully saturated rings. The minimum Gasteiger partial charge on any atom is -0.496 e. The molecule has 0 aliphatic carbocycles. The number of nitrogens with one attached hydrogen (secondary N) is 1. The van der Waals surface area contributed by atoms with Crippen molar-refractivity contribution in [2.24, 2.45) is 5.92 Å². The number of methoxy groups -OCH3 is 1. The molecule has 1 heterocycles. The highest BCUT2D eigenvalue weighted by molar-refractivity contribution is 6.08. The molecule has 3 aromatic carbocycles. The number of piperidine rings is 1. The van der Waals surface area contributed by atoms with Gasteiger partial charge in [-0.25, -0.2) is 0 Å². The number of hydrogen-bond donors (Lipinski definition) is 1. The van der Waals surface area contributed by atoms with Crippen LogP contribution in [0.2, 0.25) is 0 Å². The van der Waals surface area contributed by atoms with E-state index in [4.69, 9.17) is 4.74 Å². The van der Waals surface area contributed by atoms with Gasteiger partial charge in [-0.05, 0) is 61.4 Å². The third-order valence-electron chi connectivity index (χ3n) is 6.06. The van der Waals surface area contributed by atoms with Gasteiger partial charge >= 0.3 is 0 Å². The molecule has 160 valence electrons. The van der Waals surface area contributed by atoms with Crippen molar-refractivity contribution in [3.05, 3.63) is 71.3 Å². The zero-order chi connectivity index (χ0) is 22.0. The second-order valence-corrected chi connectivity index (χ2v) is 8.26. The Morgan fingerprint density at radius 1 is 1.03 bits per heavy atom. The number of anilines is 1. The Labute approximate surface area is 183 Å². The number of likely N-dealkylation sites (tertiary alicyclic amines) is 1. The number of rotatable bonds is 4. The molecule has 0 aromatic heterocycles. The fraction of sp³-hybridized carbons (Fsp3) is 0.308. The van der Waals surface area contributed by atoms with Gasteiger partial charge in [0.05, 0.1) is 13.0 Å². The highest BCUT2D eigenvalue weighted by Gasteiger charge is 2.30. The van der Waals surface area contributed by atoms with Gasteiger partial charge in [-0.1, -0.05) is 36.4 Å². The number of carbonyl (C=O) groups excluding carboxylic acids is 2. The number of fused-ring (bicyclic) bond motifs is 1. The van der Waals surface area contributed by atoms with Crippen molar-refractivity contribution in [2.45, 2.75) is 26.7 Å². The molecule has 0 radical (unpaired) electrons. The van der Waals surface area contributed by atoms with Gasteiger partial charge in [-0.2, -0.15) is 0 Å². The first-order chi connectivity index (χ1) is 15.0. The van der Waals surface area contributed by atoms with Crippen LogP contribution >= 0.6 is 0 Å². The van der Waals surface area contributed by atoms with Gasteiger partial charge in [0.15, 0.2) is 0 Å². The van der Waals surface area contributed by atoms with Gasteiger partial charge < -0.3 is 15.0 Å². The van der Waals surface area contributed by atoms with Gasteiger partial charge in [0, 0.05) is 29.7 Å². The number of aryl methyl sites for hydroxylation is 2. The summed E-state index contributed by atoms with van der Waals surface area (Å²) in [6.45, 7) is 5.08.